The maximum absolute atomic E-state index is 5.02. The molecule has 10 heavy (non-hydrogen) atoms. The van der Waals surface area contributed by atoms with Gasteiger partial charge in [0.25, 0.3) is 0 Å². The van der Waals surface area contributed by atoms with Crippen LogP contribution in [0.4, 0.5) is 0 Å². The van der Waals surface area contributed by atoms with Crippen LogP contribution < -0.4 is 0 Å². The summed E-state index contributed by atoms with van der Waals surface area (Å²) in [5.74, 6) is 0. The van der Waals surface area contributed by atoms with Gasteiger partial charge in [0.15, 0.2) is 0 Å². The lowest BCUT2D eigenvalue weighted by molar-refractivity contribution is 1.17. The predicted octanol–water partition coefficient (Wildman–Crippen LogP) is 3.12. The first kappa shape index (κ1) is 7.95. The van der Waals surface area contributed by atoms with E-state index >= 15 is 0 Å². The summed E-state index contributed by atoms with van der Waals surface area (Å²) in [7, 11) is 0. The molecule has 0 fully saturated rings. The van der Waals surface area contributed by atoms with E-state index in [0.29, 0.717) is 0 Å². The molecule has 0 amide bonds. The van der Waals surface area contributed by atoms with Crippen LogP contribution in [0.3, 0.4) is 0 Å². The largest absolute Gasteiger partial charge is 0.352 e. The van der Waals surface area contributed by atoms with Gasteiger partial charge in [0.2, 0.25) is 0 Å². The average molecular weight is 218 g/mol. The number of halogens is 1. The Kier molecular flexibility index (Phi) is 2.26. The summed E-state index contributed by atoms with van der Waals surface area (Å²) in [5, 5.41) is 0. The average Bonchev–Trinajstić information content (AvgIpc) is 1.93. The lowest BCUT2D eigenvalue weighted by atomic mass is 10.2. The molecule has 0 atom stereocenters. The van der Waals surface area contributed by atoms with E-state index in [-0.39, 0.29) is 0 Å². The molecule has 54 valence electrons. The summed E-state index contributed by atoms with van der Waals surface area (Å²) in [5.41, 5.74) is 2.35. The number of aromatic amines is 1. The number of pyridine rings is 1. The Morgan fingerprint density at radius 3 is 2.50 bits per heavy atom. The van der Waals surface area contributed by atoms with Crippen molar-refractivity contribution in [1.29, 1.82) is 0 Å². The molecular weight excluding hydrogens is 210 g/mol. The summed E-state index contributed by atoms with van der Waals surface area (Å²) in [6.07, 6.45) is 1.87. The van der Waals surface area contributed by atoms with Crippen molar-refractivity contribution in [2.75, 3.05) is 0 Å². The second-order valence-corrected chi connectivity index (χ2v) is 3.48. The molecule has 0 unspecified atom stereocenters. The molecule has 1 aromatic heterocycles. The normalized spacial score (nSPS) is 9.90. The fourth-order valence-corrected chi connectivity index (χ4v) is 1.32. The number of rotatable bonds is 0. The van der Waals surface area contributed by atoms with Crippen LogP contribution in [0.15, 0.2) is 10.7 Å². The highest BCUT2D eigenvalue weighted by atomic mass is 79.9. The first-order valence-electron chi connectivity index (χ1n) is 2.97. The van der Waals surface area contributed by atoms with E-state index in [1.807, 2.05) is 20.0 Å². The summed E-state index contributed by atoms with van der Waals surface area (Å²) < 4.78 is 1.90. The quantitative estimate of drug-likeness (QED) is 0.661. The molecule has 1 heterocycles. The Labute approximate surface area is 73.6 Å². The zero-order chi connectivity index (χ0) is 7.72. The van der Waals surface area contributed by atoms with E-state index in [0.717, 1.165) is 14.7 Å². The highest BCUT2D eigenvalue weighted by Crippen LogP contribution is 2.17. The molecule has 0 radical (unpaired) electrons. The van der Waals surface area contributed by atoms with Gasteiger partial charge in [-0.2, -0.15) is 0 Å². The minimum atomic E-state index is 0.820. The molecule has 1 nitrogen and oxygen atoms in total. The number of hydrogen-bond donors (Lipinski definition) is 1. The summed E-state index contributed by atoms with van der Waals surface area (Å²) in [6.45, 7) is 4.06. The van der Waals surface area contributed by atoms with Gasteiger partial charge in [-0.1, -0.05) is 12.2 Å². The summed E-state index contributed by atoms with van der Waals surface area (Å²) >= 11 is 8.43. The molecule has 0 saturated carbocycles. The second kappa shape index (κ2) is 2.84. The highest BCUT2D eigenvalue weighted by Gasteiger charge is 1.97. The van der Waals surface area contributed by atoms with E-state index in [2.05, 4.69) is 20.9 Å². The maximum Gasteiger partial charge on any atom is 0.106 e. The number of hydrogen-bond acceptors (Lipinski definition) is 1. The molecule has 0 saturated heterocycles. The highest BCUT2D eigenvalue weighted by molar-refractivity contribution is 9.10. The third-order valence-electron chi connectivity index (χ3n) is 1.59. The van der Waals surface area contributed by atoms with Crippen LogP contribution in [-0.4, -0.2) is 4.98 Å². The third kappa shape index (κ3) is 1.30. The topological polar surface area (TPSA) is 15.8 Å². The summed E-state index contributed by atoms with van der Waals surface area (Å²) in [6, 6.07) is 0. The molecule has 1 rings (SSSR count). The molecule has 0 aliphatic heterocycles. The van der Waals surface area contributed by atoms with E-state index in [1.54, 1.807) is 0 Å². The van der Waals surface area contributed by atoms with Gasteiger partial charge in [-0.25, -0.2) is 0 Å². The Morgan fingerprint density at radius 2 is 2.00 bits per heavy atom. The van der Waals surface area contributed by atoms with Crippen molar-refractivity contribution in [2.45, 2.75) is 13.8 Å². The first-order valence-corrected chi connectivity index (χ1v) is 4.17. The van der Waals surface area contributed by atoms with Gasteiger partial charge in [0.05, 0.1) is 0 Å². The van der Waals surface area contributed by atoms with Crippen molar-refractivity contribution < 1.29 is 0 Å². The fourth-order valence-electron chi connectivity index (χ4n) is 0.695. The smallest absolute Gasteiger partial charge is 0.106 e. The Bertz CT molecular complexity index is 303. The van der Waals surface area contributed by atoms with Gasteiger partial charge >= 0.3 is 0 Å². The third-order valence-corrected chi connectivity index (χ3v) is 2.84. The Balaban J connectivity index is 3.49. The van der Waals surface area contributed by atoms with Gasteiger partial charge in [0, 0.05) is 10.7 Å². The standard InChI is InChI=1S/C7H8BrNS/c1-4-5(2)7(10)9-3-6(4)8/h3H,1-2H3,(H,9,10). The van der Waals surface area contributed by atoms with Crippen molar-refractivity contribution in [3.05, 3.63) is 26.4 Å². The number of H-pyrrole nitrogens is 1. The monoisotopic (exact) mass is 217 g/mol. The van der Waals surface area contributed by atoms with Crippen LogP contribution in [0.1, 0.15) is 11.1 Å². The minimum Gasteiger partial charge on any atom is -0.352 e. The second-order valence-electron chi connectivity index (χ2n) is 2.22. The van der Waals surface area contributed by atoms with Gasteiger partial charge < -0.3 is 4.98 Å². The van der Waals surface area contributed by atoms with Crippen molar-refractivity contribution in [2.24, 2.45) is 0 Å². The van der Waals surface area contributed by atoms with Crippen LogP contribution in [0.5, 0.6) is 0 Å². The van der Waals surface area contributed by atoms with Crippen LogP contribution in [0, 0.1) is 18.5 Å². The lowest BCUT2D eigenvalue weighted by Crippen LogP contribution is -1.86. The molecule has 0 aliphatic carbocycles. The molecule has 1 aromatic rings. The first-order chi connectivity index (χ1) is 4.63. The van der Waals surface area contributed by atoms with Crippen LogP contribution in [0.2, 0.25) is 0 Å². The van der Waals surface area contributed by atoms with E-state index < -0.39 is 0 Å². The van der Waals surface area contributed by atoms with E-state index in [4.69, 9.17) is 12.2 Å². The molecule has 0 aromatic carbocycles. The molecule has 0 spiro atoms. The van der Waals surface area contributed by atoms with Crippen LogP contribution in [0.25, 0.3) is 0 Å². The van der Waals surface area contributed by atoms with E-state index in [9.17, 15) is 0 Å². The Hall–Kier alpha value is -0.150. The zero-order valence-corrected chi connectivity index (χ0v) is 8.27. The molecule has 3 heteroatoms. The van der Waals surface area contributed by atoms with Crippen LogP contribution in [-0.2, 0) is 0 Å². The van der Waals surface area contributed by atoms with Gasteiger partial charge in [-0.15, -0.1) is 0 Å². The molecule has 1 N–H and O–H groups in total. The molecule has 0 bridgehead atoms. The Morgan fingerprint density at radius 1 is 1.40 bits per heavy atom. The minimum absolute atomic E-state index is 0.820. The number of aromatic nitrogens is 1. The lowest BCUT2D eigenvalue weighted by Gasteiger charge is -2.00. The van der Waals surface area contributed by atoms with Crippen LogP contribution >= 0.6 is 28.1 Å². The fraction of sp³-hybridized carbons (Fsp3) is 0.286. The van der Waals surface area contributed by atoms with Crippen molar-refractivity contribution in [1.82, 2.24) is 4.98 Å². The summed E-state index contributed by atoms with van der Waals surface area (Å²) in [4.78, 5) is 2.98. The van der Waals surface area contributed by atoms with Gasteiger partial charge in [-0.05, 0) is 40.9 Å². The SMILES string of the molecule is Cc1c(Br)c[nH]c(=S)c1C. The maximum atomic E-state index is 5.02. The molecule has 0 aliphatic rings. The molecular formula is C7H8BrNS. The van der Waals surface area contributed by atoms with Crippen molar-refractivity contribution >= 4 is 28.1 Å². The number of nitrogens with one attached hydrogen (secondary N) is 1. The van der Waals surface area contributed by atoms with Gasteiger partial charge in [0.1, 0.15) is 4.64 Å². The predicted molar refractivity (Wildman–Crippen MR) is 48.8 cm³/mol. The van der Waals surface area contributed by atoms with E-state index in [1.165, 1.54) is 5.56 Å². The van der Waals surface area contributed by atoms with Crippen molar-refractivity contribution in [3.63, 3.8) is 0 Å². The van der Waals surface area contributed by atoms with Gasteiger partial charge in [-0.3, -0.25) is 0 Å². The zero-order valence-electron chi connectivity index (χ0n) is 5.86. The van der Waals surface area contributed by atoms with Crippen molar-refractivity contribution in [3.8, 4) is 0 Å².